The SMILES string of the molecule is C#CCNC(=O)c1cc(N2CC[C@H](O)C2)nc(Cl)n1. The number of amides is 1. The molecule has 7 heteroatoms. The summed E-state index contributed by atoms with van der Waals surface area (Å²) < 4.78 is 0. The highest BCUT2D eigenvalue weighted by Crippen LogP contribution is 2.20. The number of aliphatic hydroxyl groups excluding tert-OH is 1. The van der Waals surface area contributed by atoms with Crippen molar-refractivity contribution >= 4 is 23.3 Å². The zero-order valence-electron chi connectivity index (χ0n) is 10.1. The standard InChI is InChI=1S/C12H13ClN4O2/c1-2-4-14-11(19)9-6-10(16-12(13)15-9)17-5-3-8(18)7-17/h1,6,8,18H,3-5,7H2,(H,14,19)/t8-/m0/s1. The van der Waals surface area contributed by atoms with Gasteiger partial charge in [-0.3, -0.25) is 4.79 Å². The molecule has 1 aliphatic heterocycles. The number of nitrogens with zero attached hydrogens (tertiary/aromatic N) is 3. The fourth-order valence-electron chi connectivity index (χ4n) is 1.86. The Kier molecular flexibility index (Phi) is 4.20. The first-order valence-corrected chi connectivity index (χ1v) is 6.17. The number of carbonyl (C=O) groups is 1. The molecule has 6 nitrogen and oxygen atoms in total. The van der Waals surface area contributed by atoms with E-state index in [1.54, 1.807) is 0 Å². The summed E-state index contributed by atoms with van der Waals surface area (Å²) in [6.45, 7) is 1.26. The number of β-amino-alcohol motifs (C(OH)–C–C–N with tert-alkyl or cyclic N) is 1. The Morgan fingerprint density at radius 1 is 1.68 bits per heavy atom. The van der Waals surface area contributed by atoms with E-state index in [0.29, 0.717) is 25.3 Å². The van der Waals surface area contributed by atoms with E-state index < -0.39 is 5.91 Å². The fraction of sp³-hybridized carbons (Fsp3) is 0.417. The summed E-state index contributed by atoms with van der Waals surface area (Å²) in [5.74, 6) is 2.44. The van der Waals surface area contributed by atoms with Gasteiger partial charge in [0.05, 0.1) is 12.6 Å². The van der Waals surface area contributed by atoms with Gasteiger partial charge in [0.15, 0.2) is 0 Å². The molecule has 2 heterocycles. The third-order valence-electron chi connectivity index (χ3n) is 2.76. The first-order valence-electron chi connectivity index (χ1n) is 5.79. The van der Waals surface area contributed by atoms with Crippen molar-refractivity contribution in [2.24, 2.45) is 0 Å². The lowest BCUT2D eigenvalue weighted by molar-refractivity contribution is 0.0953. The molecule has 1 amide bonds. The molecule has 1 aromatic rings. The maximum absolute atomic E-state index is 11.8. The van der Waals surface area contributed by atoms with Gasteiger partial charge in [0.25, 0.3) is 5.91 Å². The van der Waals surface area contributed by atoms with Gasteiger partial charge < -0.3 is 15.3 Å². The minimum atomic E-state index is -0.400. The summed E-state index contributed by atoms with van der Waals surface area (Å²) in [7, 11) is 0. The van der Waals surface area contributed by atoms with Crippen molar-refractivity contribution in [1.29, 1.82) is 0 Å². The number of anilines is 1. The summed E-state index contributed by atoms with van der Waals surface area (Å²) in [4.78, 5) is 21.5. The van der Waals surface area contributed by atoms with Crippen molar-refractivity contribution in [3.8, 4) is 12.3 Å². The van der Waals surface area contributed by atoms with Crippen LogP contribution in [0.2, 0.25) is 5.28 Å². The molecular weight excluding hydrogens is 268 g/mol. The lowest BCUT2D eigenvalue weighted by Gasteiger charge is -2.17. The number of rotatable bonds is 3. The molecule has 2 rings (SSSR count). The molecule has 1 aliphatic rings. The molecule has 0 saturated carbocycles. The van der Waals surface area contributed by atoms with E-state index >= 15 is 0 Å². The number of aliphatic hydroxyl groups is 1. The minimum Gasteiger partial charge on any atom is -0.391 e. The zero-order valence-corrected chi connectivity index (χ0v) is 10.9. The molecule has 0 aromatic carbocycles. The average Bonchev–Trinajstić information content (AvgIpc) is 2.82. The topological polar surface area (TPSA) is 78.4 Å². The maximum Gasteiger partial charge on any atom is 0.270 e. The van der Waals surface area contributed by atoms with Crippen LogP contribution in [-0.4, -0.2) is 46.7 Å². The van der Waals surface area contributed by atoms with Crippen LogP contribution in [0, 0.1) is 12.3 Å². The summed E-state index contributed by atoms with van der Waals surface area (Å²) in [6.07, 6.45) is 5.35. The molecule has 1 fully saturated rings. The third-order valence-corrected chi connectivity index (χ3v) is 2.93. The van der Waals surface area contributed by atoms with Crippen LogP contribution in [0.3, 0.4) is 0 Å². The van der Waals surface area contributed by atoms with Gasteiger partial charge in [-0.25, -0.2) is 9.97 Å². The summed E-state index contributed by atoms with van der Waals surface area (Å²) in [5.41, 5.74) is 0.159. The largest absolute Gasteiger partial charge is 0.391 e. The Labute approximate surface area is 115 Å². The minimum absolute atomic E-state index is 0.00949. The molecule has 19 heavy (non-hydrogen) atoms. The second-order valence-electron chi connectivity index (χ2n) is 4.16. The van der Waals surface area contributed by atoms with E-state index in [1.807, 2.05) is 4.90 Å². The van der Waals surface area contributed by atoms with Crippen LogP contribution in [-0.2, 0) is 0 Å². The number of carbonyl (C=O) groups excluding carboxylic acids is 1. The number of halogens is 1. The lowest BCUT2D eigenvalue weighted by Crippen LogP contribution is -2.27. The van der Waals surface area contributed by atoms with Crippen molar-refractivity contribution in [2.75, 3.05) is 24.5 Å². The summed E-state index contributed by atoms with van der Waals surface area (Å²) in [6, 6.07) is 1.54. The van der Waals surface area contributed by atoms with Crippen molar-refractivity contribution < 1.29 is 9.90 Å². The van der Waals surface area contributed by atoms with Crippen molar-refractivity contribution in [3.63, 3.8) is 0 Å². The van der Waals surface area contributed by atoms with Crippen LogP contribution in [0.5, 0.6) is 0 Å². The predicted octanol–water partition coefficient (Wildman–Crippen LogP) is 0.0640. The third kappa shape index (κ3) is 3.34. The highest BCUT2D eigenvalue weighted by atomic mass is 35.5. The lowest BCUT2D eigenvalue weighted by atomic mass is 10.3. The molecule has 0 spiro atoms. The second-order valence-corrected chi connectivity index (χ2v) is 4.49. The number of aromatic nitrogens is 2. The van der Waals surface area contributed by atoms with E-state index in [-0.39, 0.29) is 23.6 Å². The van der Waals surface area contributed by atoms with E-state index in [0.717, 1.165) is 0 Å². The molecule has 1 atom stereocenters. The molecule has 1 saturated heterocycles. The van der Waals surface area contributed by atoms with Crippen LogP contribution in [0.4, 0.5) is 5.82 Å². The highest BCUT2D eigenvalue weighted by Gasteiger charge is 2.23. The van der Waals surface area contributed by atoms with E-state index in [2.05, 4.69) is 21.2 Å². The number of hydrogen-bond donors (Lipinski definition) is 2. The Bertz CT molecular complexity index is 529. The van der Waals surface area contributed by atoms with Gasteiger partial charge in [-0.05, 0) is 18.0 Å². The normalized spacial score (nSPS) is 18.2. The first-order chi connectivity index (χ1) is 9.10. The predicted molar refractivity (Wildman–Crippen MR) is 71.0 cm³/mol. The molecule has 100 valence electrons. The number of nitrogens with one attached hydrogen (secondary N) is 1. The molecule has 2 N–H and O–H groups in total. The van der Waals surface area contributed by atoms with Gasteiger partial charge >= 0.3 is 0 Å². The van der Waals surface area contributed by atoms with Crippen molar-refractivity contribution in [3.05, 3.63) is 17.0 Å². The maximum atomic E-state index is 11.8. The second kappa shape index (κ2) is 5.87. The van der Waals surface area contributed by atoms with Crippen LogP contribution in [0.1, 0.15) is 16.9 Å². The Hall–Kier alpha value is -1.84. The Morgan fingerprint density at radius 2 is 2.47 bits per heavy atom. The monoisotopic (exact) mass is 280 g/mol. The first kappa shape index (κ1) is 13.6. The zero-order chi connectivity index (χ0) is 13.8. The quantitative estimate of drug-likeness (QED) is 0.605. The van der Waals surface area contributed by atoms with Crippen LogP contribution >= 0.6 is 11.6 Å². The van der Waals surface area contributed by atoms with Gasteiger partial charge in [0.2, 0.25) is 5.28 Å². The Balaban J connectivity index is 2.20. The molecular formula is C12H13ClN4O2. The van der Waals surface area contributed by atoms with Gasteiger partial charge in [0.1, 0.15) is 11.5 Å². The molecule has 1 aromatic heterocycles. The van der Waals surface area contributed by atoms with Crippen LogP contribution < -0.4 is 10.2 Å². The highest BCUT2D eigenvalue weighted by molar-refractivity contribution is 6.28. The Morgan fingerprint density at radius 3 is 3.11 bits per heavy atom. The average molecular weight is 281 g/mol. The summed E-state index contributed by atoms with van der Waals surface area (Å²) >= 11 is 5.81. The van der Waals surface area contributed by atoms with Gasteiger partial charge in [0, 0.05) is 19.2 Å². The van der Waals surface area contributed by atoms with Crippen molar-refractivity contribution in [2.45, 2.75) is 12.5 Å². The van der Waals surface area contributed by atoms with Crippen molar-refractivity contribution in [1.82, 2.24) is 15.3 Å². The van der Waals surface area contributed by atoms with Gasteiger partial charge in [-0.1, -0.05) is 5.92 Å². The number of terminal acetylenes is 1. The van der Waals surface area contributed by atoms with Crippen LogP contribution in [0.25, 0.3) is 0 Å². The fourth-order valence-corrected chi connectivity index (χ4v) is 2.03. The van der Waals surface area contributed by atoms with Gasteiger partial charge in [-0.15, -0.1) is 6.42 Å². The molecule has 0 unspecified atom stereocenters. The molecule has 0 radical (unpaired) electrons. The molecule has 0 aliphatic carbocycles. The van der Waals surface area contributed by atoms with Gasteiger partial charge in [-0.2, -0.15) is 0 Å². The van der Waals surface area contributed by atoms with E-state index in [9.17, 15) is 9.90 Å². The van der Waals surface area contributed by atoms with E-state index in [4.69, 9.17) is 18.0 Å². The molecule has 0 bridgehead atoms. The van der Waals surface area contributed by atoms with Crippen LogP contribution in [0.15, 0.2) is 6.07 Å². The smallest absolute Gasteiger partial charge is 0.270 e. The van der Waals surface area contributed by atoms with E-state index in [1.165, 1.54) is 6.07 Å². The number of hydrogen-bond acceptors (Lipinski definition) is 5. The summed E-state index contributed by atoms with van der Waals surface area (Å²) in [5, 5.41) is 12.0.